The van der Waals surface area contributed by atoms with E-state index in [1.165, 1.54) is 11.8 Å². The molecule has 0 radical (unpaired) electrons. The summed E-state index contributed by atoms with van der Waals surface area (Å²) in [5, 5.41) is 0. The summed E-state index contributed by atoms with van der Waals surface area (Å²) in [4.78, 5) is 11.8. The SMILES string of the molecule is CS[C@@H](C(=O)c1ccccc1)S(C)=O. The Hall–Kier alpha value is -0.610. The van der Waals surface area contributed by atoms with Gasteiger partial charge in [0, 0.05) is 22.6 Å². The zero-order valence-corrected chi connectivity index (χ0v) is 9.73. The van der Waals surface area contributed by atoms with E-state index < -0.39 is 15.4 Å². The van der Waals surface area contributed by atoms with E-state index in [9.17, 15) is 9.00 Å². The molecule has 0 saturated heterocycles. The largest absolute Gasteiger partial charge is 0.292 e. The van der Waals surface area contributed by atoms with Crippen molar-refractivity contribution in [3.8, 4) is 0 Å². The summed E-state index contributed by atoms with van der Waals surface area (Å²) in [6.45, 7) is 0. The van der Waals surface area contributed by atoms with Crippen LogP contribution < -0.4 is 0 Å². The van der Waals surface area contributed by atoms with E-state index in [-0.39, 0.29) is 5.78 Å². The standard InChI is InChI=1S/C10H12O2S2/c1-13-10(14(2)12)9(11)8-6-4-3-5-7-8/h3-7,10H,1-2H3/t10-,14?/m1/s1. The summed E-state index contributed by atoms with van der Waals surface area (Å²) in [5.74, 6) is -0.0565. The number of benzene rings is 1. The van der Waals surface area contributed by atoms with Gasteiger partial charge in [-0.05, 0) is 6.26 Å². The predicted molar refractivity (Wildman–Crippen MR) is 62.1 cm³/mol. The van der Waals surface area contributed by atoms with Gasteiger partial charge in [-0.15, -0.1) is 11.8 Å². The minimum Gasteiger partial charge on any atom is -0.292 e. The van der Waals surface area contributed by atoms with Gasteiger partial charge in [0.25, 0.3) is 0 Å². The highest BCUT2D eigenvalue weighted by atomic mass is 32.2. The molecule has 0 spiro atoms. The number of hydrogen-bond acceptors (Lipinski definition) is 3. The highest BCUT2D eigenvalue weighted by molar-refractivity contribution is 8.11. The molecule has 1 rings (SSSR count). The molecular weight excluding hydrogens is 216 g/mol. The Bertz CT molecular complexity index is 335. The van der Waals surface area contributed by atoms with Crippen LogP contribution >= 0.6 is 11.8 Å². The molecular formula is C10H12O2S2. The molecule has 2 atom stereocenters. The fourth-order valence-corrected chi connectivity index (χ4v) is 3.00. The Morgan fingerprint density at radius 1 is 1.36 bits per heavy atom. The maximum Gasteiger partial charge on any atom is 0.188 e. The van der Waals surface area contributed by atoms with Crippen LogP contribution in [0.1, 0.15) is 10.4 Å². The molecule has 1 unspecified atom stereocenters. The Kier molecular flexibility index (Phi) is 4.35. The van der Waals surface area contributed by atoms with Crippen LogP contribution in [0.25, 0.3) is 0 Å². The van der Waals surface area contributed by atoms with Crippen molar-refractivity contribution in [2.24, 2.45) is 0 Å². The number of carbonyl (C=O) groups is 1. The lowest BCUT2D eigenvalue weighted by Crippen LogP contribution is -2.21. The molecule has 1 aromatic rings. The lowest BCUT2D eigenvalue weighted by atomic mass is 10.1. The van der Waals surface area contributed by atoms with Gasteiger partial charge in [0.15, 0.2) is 5.78 Å². The molecule has 0 heterocycles. The first-order valence-electron chi connectivity index (χ1n) is 4.11. The molecule has 4 heteroatoms. The van der Waals surface area contributed by atoms with Crippen molar-refractivity contribution in [3.63, 3.8) is 0 Å². The van der Waals surface area contributed by atoms with Gasteiger partial charge < -0.3 is 0 Å². The van der Waals surface area contributed by atoms with Gasteiger partial charge in [-0.25, -0.2) is 0 Å². The van der Waals surface area contributed by atoms with Crippen LogP contribution in [0, 0.1) is 0 Å². The molecule has 0 aliphatic rings. The highest BCUT2D eigenvalue weighted by Gasteiger charge is 2.21. The molecule has 0 aromatic heterocycles. The molecule has 0 saturated carbocycles. The molecule has 14 heavy (non-hydrogen) atoms. The number of hydrogen-bond donors (Lipinski definition) is 0. The first kappa shape index (κ1) is 11.5. The summed E-state index contributed by atoms with van der Waals surface area (Å²) in [5.41, 5.74) is 0.627. The average molecular weight is 228 g/mol. The second-order valence-corrected chi connectivity index (χ2v) is 5.51. The molecule has 0 aliphatic heterocycles. The number of Topliss-reactive ketones (excluding diaryl/α,β-unsaturated/α-hetero) is 1. The molecule has 0 bridgehead atoms. The molecule has 76 valence electrons. The van der Waals surface area contributed by atoms with Crippen molar-refractivity contribution in [1.82, 2.24) is 0 Å². The predicted octanol–water partition coefficient (Wildman–Crippen LogP) is 1.94. The summed E-state index contributed by atoms with van der Waals surface area (Å²) in [6, 6.07) is 8.97. The fourth-order valence-electron chi connectivity index (χ4n) is 1.13. The van der Waals surface area contributed by atoms with E-state index in [4.69, 9.17) is 0 Å². The third kappa shape index (κ3) is 2.69. The van der Waals surface area contributed by atoms with E-state index in [0.717, 1.165) is 0 Å². The van der Waals surface area contributed by atoms with Gasteiger partial charge in [0.2, 0.25) is 0 Å². The van der Waals surface area contributed by atoms with Crippen LogP contribution in [-0.4, -0.2) is 27.1 Å². The third-order valence-electron chi connectivity index (χ3n) is 1.79. The second kappa shape index (κ2) is 5.32. The minimum atomic E-state index is -1.12. The van der Waals surface area contributed by atoms with Crippen LogP contribution in [-0.2, 0) is 10.8 Å². The quantitative estimate of drug-likeness (QED) is 0.739. The number of carbonyl (C=O) groups excluding carboxylic acids is 1. The van der Waals surface area contributed by atoms with Gasteiger partial charge in [0.1, 0.15) is 4.58 Å². The summed E-state index contributed by atoms with van der Waals surface area (Å²) in [6.07, 6.45) is 3.36. The Balaban J connectivity index is 2.89. The Labute approximate surface area is 90.6 Å². The molecule has 0 amide bonds. The molecule has 0 N–H and O–H groups in total. The van der Waals surface area contributed by atoms with Crippen molar-refractivity contribution in [2.75, 3.05) is 12.5 Å². The molecule has 0 fully saturated rings. The van der Waals surface area contributed by atoms with Crippen LogP contribution in [0.2, 0.25) is 0 Å². The first-order valence-corrected chi connectivity index (χ1v) is 7.02. The molecule has 2 nitrogen and oxygen atoms in total. The molecule has 1 aromatic carbocycles. The molecule has 0 aliphatic carbocycles. The first-order chi connectivity index (χ1) is 6.66. The van der Waals surface area contributed by atoms with Crippen molar-refractivity contribution < 1.29 is 9.00 Å². The van der Waals surface area contributed by atoms with Crippen molar-refractivity contribution in [3.05, 3.63) is 35.9 Å². The maximum atomic E-state index is 11.8. The van der Waals surface area contributed by atoms with Gasteiger partial charge in [0.05, 0.1) is 0 Å². The van der Waals surface area contributed by atoms with Gasteiger partial charge >= 0.3 is 0 Å². The number of ketones is 1. The van der Waals surface area contributed by atoms with Crippen LogP contribution in [0.3, 0.4) is 0 Å². The maximum absolute atomic E-state index is 11.8. The van der Waals surface area contributed by atoms with E-state index in [1.54, 1.807) is 24.6 Å². The van der Waals surface area contributed by atoms with Crippen molar-refractivity contribution in [2.45, 2.75) is 4.58 Å². The lowest BCUT2D eigenvalue weighted by molar-refractivity contribution is 0.101. The highest BCUT2D eigenvalue weighted by Crippen LogP contribution is 2.16. The fraction of sp³-hybridized carbons (Fsp3) is 0.300. The van der Waals surface area contributed by atoms with Gasteiger partial charge in [-0.2, -0.15) is 0 Å². The van der Waals surface area contributed by atoms with E-state index in [1.807, 2.05) is 18.2 Å². The van der Waals surface area contributed by atoms with Crippen molar-refractivity contribution >= 4 is 28.3 Å². The Morgan fingerprint density at radius 2 is 1.93 bits per heavy atom. The smallest absolute Gasteiger partial charge is 0.188 e. The summed E-state index contributed by atoms with van der Waals surface area (Å²) >= 11 is 1.33. The van der Waals surface area contributed by atoms with E-state index in [2.05, 4.69) is 0 Å². The van der Waals surface area contributed by atoms with Crippen molar-refractivity contribution in [1.29, 1.82) is 0 Å². The second-order valence-electron chi connectivity index (χ2n) is 2.80. The minimum absolute atomic E-state index is 0.0565. The lowest BCUT2D eigenvalue weighted by Gasteiger charge is -2.09. The normalized spacial score (nSPS) is 14.7. The Morgan fingerprint density at radius 3 is 2.36 bits per heavy atom. The summed E-state index contributed by atoms with van der Waals surface area (Å²) < 4.78 is 10.8. The van der Waals surface area contributed by atoms with E-state index in [0.29, 0.717) is 5.56 Å². The van der Waals surface area contributed by atoms with Crippen LogP contribution in [0.5, 0.6) is 0 Å². The monoisotopic (exact) mass is 228 g/mol. The van der Waals surface area contributed by atoms with Crippen LogP contribution in [0.15, 0.2) is 30.3 Å². The van der Waals surface area contributed by atoms with Gasteiger partial charge in [-0.3, -0.25) is 9.00 Å². The third-order valence-corrected chi connectivity index (χ3v) is 4.64. The number of thioether (sulfide) groups is 1. The van der Waals surface area contributed by atoms with E-state index >= 15 is 0 Å². The van der Waals surface area contributed by atoms with Gasteiger partial charge in [-0.1, -0.05) is 30.3 Å². The van der Waals surface area contributed by atoms with Crippen LogP contribution in [0.4, 0.5) is 0 Å². The average Bonchev–Trinajstić information content (AvgIpc) is 2.19. The topological polar surface area (TPSA) is 34.1 Å². The zero-order chi connectivity index (χ0) is 10.6. The number of rotatable bonds is 4. The summed E-state index contributed by atoms with van der Waals surface area (Å²) in [7, 11) is -1.12. The zero-order valence-electron chi connectivity index (χ0n) is 8.10.